The highest BCUT2D eigenvalue weighted by molar-refractivity contribution is 5.95. The Balaban J connectivity index is 1.02. The number of nitrogens with one attached hydrogen (secondary N) is 2. The van der Waals surface area contributed by atoms with Gasteiger partial charge < -0.3 is 19.7 Å². The van der Waals surface area contributed by atoms with Crippen LogP contribution in [0.25, 0.3) is 0 Å². The lowest BCUT2D eigenvalue weighted by atomic mass is 10.1. The number of hydrazone groups is 1. The summed E-state index contributed by atoms with van der Waals surface area (Å²) in [6.07, 6.45) is 1.56. The summed E-state index contributed by atoms with van der Waals surface area (Å²) >= 11 is 0. The summed E-state index contributed by atoms with van der Waals surface area (Å²) in [5, 5.41) is 6.85. The number of carbonyl (C=O) groups excluding carboxylic acids is 2. The van der Waals surface area contributed by atoms with E-state index in [1.807, 2.05) is 30.3 Å². The van der Waals surface area contributed by atoms with Gasteiger partial charge in [0.25, 0.3) is 11.8 Å². The van der Waals surface area contributed by atoms with E-state index in [0.717, 1.165) is 38.3 Å². The highest BCUT2D eigenvalue weighted by atomic mass is 16.5. The molecular formula is C34H35N5O4. The third-order valence-electron chi connectivity index (χ3n) is 7.12. The van der Waals surface area contributed by atoms with Crippen molar-refractivity contribution in [1.29, 1.82) is 0 Å². The van der Waals surface area contributed by atoms with Crippen LogP contribution < -0.4 is 25.1 Å². The van der Waals surface area contributed by atoms with Crippen molar-refractivity contribution in [2.45, 2.75) is 6.54 Å². The molecule has 9 heteroatoms. The fourth-order valence-electron chi connectivity index (χ4n) is 4.72. The zero-order valence-corrected chi connectivity index (χ0v) is 24.1. The van der Waals surface area contributed by atoms with E-state index in [4.69, 9.17) is 9.47 Å². The lowest BCUT2D eigenvalue weighted by molar-refractivity contribution is -0.118. The third-order valence-corrected chi connectivity index (χ3v) is 7.12. The Morgan fingerprint density at radius 2 is 1.49 bits per heavy atom. The number of rotatable bonds is 11. The Hall–Kier alpha value is -5.15. The fraction of sp³-hybridized carbons (Fsp3) is 0.206. The second-order valence-corrected chi connectivity index (χ2v) is 10.1. The van der Waals surface area contributed by atoms with Crippen LogP contribution >= 0.6 is 0 Å². The molecule has 43 heavy (non-hydrogen) atoms. The maximum Gasteiger partial charge on any atom is 0.271 e. The summed E-state index contributed by atoms with van der Waals surface area (Å²) in [5.41, 5.74) is 7.01. The van der Waals surface area contributed by atoms with Gasteiger partial charge in [0.2, 0.25) is 0 Å². The molecule has 1 saturated heterocycles. The number of ether oxygens (including phenoxy) is 2. The van der Waals surface area contributed by atoms with Gasteiger partial charge in [-0.25, -0.2) is 5.43 Å². The maximum absolute atomic E-state index is 12.6. The van der Waals surface area contributed by atoms with Crippen molar-refractivity contribution >= 4 is 29.4 Å². The van der Waals surface area contributed by atoms with E-state index < -0.39 is 0 Å². The number of hydrogen-bond acceptors (Lipinski definition) is 7. The van der Waals surface area contributed by atoms with Crippen LogP contribution in [0.15, 0.2) is 108 Å². The zero-order valence-electron chi connectivity index (χ0n) is 24.1. The highest BCUT2D eigenvalue weighted by Crippen LogP contribution is 2.18. The van der Waals surface area contributed by atoms with Crippen molar-refractivity contribution < 1.29 is 19.1 Å². The van der Waals surface area contributed by atoms with Crippen LogP contribution in [-0.2, 0) is 11.3 Å². The van der Waals surface area contributed by atoms with Crippen LogP contribution in [0, 0.1) is 0 Å². The van der Waals surface area contributed by atoms with E-state index >= 15 is 0 Å². The molecule has 0 bridgehead atoms. The Labute approximate surface area is 251 Å². The van der Waals surface area contributed by atoms with E-state index in [1.165, 1.54) is 11.3 Å². The van der Waals surface area contributed by atoms with Gasteiger partial charge in [-0.3, -0.25) is 14.5 Å². The quantitative estimate of drug-likeness (QED) is 0.197. The molecular weight excluding hydrogens is 542 g/mol. The number of amides is 2. The minimum Gasteiger partial charge on any atom is -0.497 e. The van der Waals surface area contributed by atoms with Crippen LogP contribution in [0.4, 0.5) is 11.4 Å². The smallest absolute Gasteiger partial charge is 0.271 e. The van der Waals surface area contributed by atoms with Crippen molar-refractivity contribution in [3.05, 3.63) is 120 Å². The van der Waals surface area contributed by atoms with E-state index in [9.17, 15) is 9.59 Å². The molecule has 0 atom stereocenters. The summed E-state index contributed by atoms with van der Waals surface area (Å²) in [6.45, 7) is 4.73. The molecule has 1 fully saturated rings. The molecule has 0 unspecified atom stereocenters. The normalized spacial score (nSPS) is 13.5. The van der Waals surface area contributed by atoms with Gasteiger partial charge in [-0.15, -0.1) is 0 Å². The summed E-state index contributed by atoms with van der Waals surface area (Å²) in [7, 11) is 1.59. The van der Waals surface area contributed by atoms with Gasteiger partial charge in [0.15, 0.2) is 6.61 Å². The number of para-hydroxylation sites is 1. The SMILES string of the molecule is COc1ccc(NC(=O)COc2ccc(C=NNC(=O)c3ccc(CN4CCN(c5ccccc5)CC4)cc3)cc2)cc1. The number of anilines is 2. The van der Waals surface area contributed by atoms with Gasteiger partial charge >= 0.3 is 0 Å². The molecule has 2 N–H and O–H groups in total. The molecule has 0 aliphatic carbocycles. The van der Waals surface area contributed by atoms with E-state index in [-0.39, 0.29) is 18.4 Å². The Morgan fingerprint density at radius 3 is 2.16 bits per heavy atom. The summed E-state index contributed by atoms with van der Waals surface area (Å²) in [5.74, 6) is 0.714. The van der Waals surface area contributed by atoms with Gasteiger partial charge in [0.05, 0.1) is 13.3 Å². The van der Waals surface area contributed by atoms with Gasteiger partial charge in [-0.2, -0.15) is 5.10 Å². The lowest BCUT2D eigenvalue weighted by Gasteiger charge is -2.36. The number of methoxy groups -OCH3 is 1. The van der Waals surface area contributed by atoms with Gasteiger partial charge in [-0.05, 0) is 83.9 Å². The molecule has 0 saturated carbocycles. The first-order valence-electron chi connectivity index (χ1n) is 14.2. The Kier molecular flexibility index (Phi) is 10.0. The molecule has 1 heterocycles. The monoisotopic (exact) mass is 577 g/mol. The van der Waals surface area contributed by atoms with E-state index in [0.29, 0.717) is 22.7 Å². The number of nitrogens with zero attached hydrogens (tertiary/aromatic N) is 3. The minimum atomic E-state index is -0.276. The van der Waals surface area contributed by atoms with Crippen LogP contribution in [0.5, 0.6) is 11.5 Å². The topological polar surface area (TPSA) is 95.5 Å². The van der Waals surface area contributed by atoms with E-state index in [1.54, 1.807) is 61.9 Å². The maximum atomic E-state index is 12.6. The lowest BCUT2D eigenvalue weighted by Crippen LogP contribution is -2.45. The molecule has 0 aromatic heterocycles. The Bertz CT molecular complexity index is 1500. The second-order valence-electron chi connectivity index (χ2n) is 10.1. The van der Waals surface area contributed by atoms with Gasteiger partial charge in [-0.1, -0.05) is 30.3 Å². The van der Waals surface area contributed by atoms with Crippen LogP contribution in [0.3, 0.4) is 0 Å². The molecule has 5 rings (SSSR count). The first-order valence-corrected chi connectivity index (χ1v) is 14.2. The largest absolute Gasteiger partial charge is 0.497 e. The molecule has 1 aliphatic rings. The summed E-state index contributed by atoms with van der Waals surface area (Å²) in [6, 6.07) is 32.3. The predicted octanol–water partition coefficient (Wildman–Crippen LogP) is 4.80. The van der Waals surface area contributed by atoms with Crippen LogP contribution in [0.1, 0.15) is 21.5 Å². The number of benzene rings is 4. The average Bonchev–Trinajstić information content (AvgIpc) is 3.06. The average molecular weight is 578 g/mol. The highest BCUT2D eigenvalue weighted by Gasteiger charge is 2.17. The summed E-state index contributed by atoms with van der Waals surface area (Å²) in [4.78, 5) is 29.6. The minimum absolute atomic E-state index is 0.126. The van der Waals surface area contributed by atoms with Crippen molar-refractivity contribution in [3.8, 4) is 11.5 Å². The standard InChI is InChI=1S/C34H35N5O4/c1-42-31-17-13-29(14-18-31)36-33(40)25-43-32-15-9-26(10-16-32)23-35-37-34(41)28-11-7-27(8-12-28)24-38-19-21-39(22-20-38)30-5-3-2-4-6-30/h2-18,23H,19-22,24-25H2,1H3,(H,36,40)(H,37,41). The Morgan fingerprint density at radius 1 is 0.814 bits per heavy atom. The summed E-state index contributed by atoms with van der Waals surface area (Å²) < 4.78 is 10.7. The molecule has 220 valence electrons. The van der Waals surface area contributed by atoms with Gasteiger partial charge in [0, 0.05) is 49.7 Å². The number of carbonyl (C=O) groups is 2. The van der Waals surface area contributed by atoms with Crippen LogP contribution in [-0.4, -0.2) is 62.8 Å². The number of hydrogen-bond donors (Lipinski definition) is 2. The molecule has 0 radical (unpaired) electrons. The molecule has 9 nitrogen and oxygen atoms in total. The zero-order chi connectivity index (χ0) is 29.9. The predicted molar refractivity (Wildman–Crippen MR) is 169 cm³/mol. The van der Waals surface area contributed by atoms with Crippen molar-refractivity contribution in [3.63, 3.8) is 0 Å². The third kappa shape index (κ3) is 8.67. The first kappa shape index (κ1) is 29.3. The number of piperazine rings is 1. The molecule has 0 spiro atoms. The van der Waals surface area contributed by atoms with Crippen LogP contribution in [0.2, 0.25) is 0 Å². The molecule has 2 amide bonds. The molecule has 1 aliphatic heterocycles. The van der Waals surface area contributed by atoms with Gasteiger partial charge in [0.1, 0.15) is 11.5 Å². The molecule has 4 aromatic carbocycles. The van der Waals surface area contributed by atoms with E-state index in [2.05, 4.69) is 49.9 Å². The second kappa shape index (κ2) is 14.7. The van der Waals surface area contributed by atoms with Crippen molar-refractivity contribution in [1.82, 2.24) is 10.3 Å². The van der Waals surface area contributed by atoms with Crippen molar-refractivity contribution in [2.75, 3.05) is 50.1 Å². The molecule has 4 aromatic rings. The van der Waals surface area contributed by atoms with Crippen molar-refractivity contribution in [2.24, 2.45) is 5.10 Å². The first-order chi connectivity index (χ1) is 21.1. The fourth-order valence-corrected chi connectivity index (χ4v) is 4.72.